The molecule has 0 saturated heterocycles. The molecule has 4 heteroatoms. The second-order valence-electron chi connectivity index (χ2n) is 4.40. The number of hydrogen-bond acceptors (Lipinski definition) is 2. The van der Waals surface area contributed by atoms with E-state index in [1.807, 2.05) is 12.1 Å². The Balaban J connectivity index is 2.29. The summed E-state index contributed by atoms with van der Waals surface area (Å²) in [6.07, 6.45) is 3.45. The molecule has 2 nitrogen and oxygen atoms in total. The monoisotopic (exact) mass is 289 g/mol. The predicted molar refractivity (Wildman–Crippen MR) is 78.6 cm³/mol. The summed E-state index contributed by atoms with van der Waals surface area (Å²) in [6.45, 7) is 3.95. The van der Waals surface area contributed by atoms with Gasteiger partial charge < -0.3 is 10.1 Å². The molecule has 0 aliphatic rings. The number of methoxy groups -OCH3 is 1. The molecule has 1 unspecified atom stereocenters. The lowest BCUT2D eigenvalue weighted by molar-refractivity contribution is 0.192. The number of hydrogen-bond donors (Lipinski definition) is 1. The standard InChI is InChI=1S/C14H21Cl2NO/c1-11(17-8-4-3-5-9-18-2)13-7-6-12(15)10-14(13)16/h6-7,10-11,17H,3-5,8-9H2,1-2H3. The lowest BCUT2D eigenvalue weighted by Gasteiger charge is -2.15. The third kappa shape index (κ3) is 5.57. The van der Waals surface area contributed by atoms with Crippen molar-refractivity contribution in [3.63, 3.8) is 0 Å². The molecule has 0 saturated carbocycles. The molecule has 0 fully saturated rings. The molecule has 0 bridgehead atoms. The van der Waals surface area contributed by atoms with Gasteiger partial charge in [-0.05, 0) is 50.4 Å². The van der Waals surface area contributed by atoms with Gasteiger partial charge in [0.2, 0.25) is 0 Å². The van der Waals surface area contributed by atoms with E-state index in [9.17, 15) is 0 Å². The molecule has 1 atom stereocenters. The van der Waals surface area contributed by atoms with Crippen LogP contribution in [0.5, 0.6) is 0 Å². The topological polar surface area (TPSA) is 21.3 Å². The predicted octanol–water partition coefficient (Wildman–Crippen LogP) is 4.46. The van der Waals surface area contributed by atoms with Crippen molar-refractivity contribution in [1.82, 2.24) is 5.32 Å². The highest BCUT2D eigenvalue weighted by atomic mass is 35.5. The maximum atomic E-state index is 6.16. The zero-order valence-electron chi connectivity index (χ0n) is 11.0. The van der Waals surface area contributed by atoms with Crippen molar-refractivity contribution in [3.05, 3.63) is 33.8 Å². The van der Waals surface area contributed by atoms with Gasteiger partial charge in [-0.25, -0.2) is 0 Å². The van der Waals surface area contributed by atoms with Crippen LogP contribution in [-0.4, -0.2) is 20.3 Å². The number of ether oxygens (including phenoxy) is 1. The van der Waals surface area contributed by atoms with E-state index in [1.54, 1.807) is 13.2 Å². The molecule has 18 heavy (non-hydrogen) atoms. The molecular weight excluding hydrogens is 269 g/mol. The maximum absolute atomic E-state index is 6.16. The number of rotatable bonds is 8. The summed E-state index contributed by atoms with van der Waals surface area (Å²) >= 11 is 12.0. The molecular formula is C14H21Cl2NO. The Bertz CT molecular complexity index is 358. The number of benzene rings is 1. The van der Waals surface area contributed by atoms with E-state index >= 15 is 0 Å². The van der Waals surface area contributed by atoms with Crippen molar-refractivity contribution in [1.29, 1.82) is 0 Å². The largest absolute Gasteiger partial charge is 0.385 e. The Morgan fingerprint density at radius 2 is 2.00 bits per heavy atom. The van der Waals surface area contributed by atoms with E-state index in [-0.39, 0.29) is 6.04 Å². The van der Waals surface area contributed by atoms with Gasteiger partial charge in [-0.1, -0.05) is 29.3 Å². The second kappa shape index (κ2) is 8.76. The van der Waals surface area contributed by atoms with Crippen LogP contribution < -0.4 is 5.32 Å². The quantitative estimate of drug-likeness (QED) is 0.714. The molecule has 102 valence electrons. The van der Waals surface area contributed by atoms with Gasteiger partial charge in [0.1, 0.15) is 0 Å². The van der Waals surface area contributed by atoms with Crippen LogP contribution in [0.1, 0.15) is 37.8 Å². The zero-order chi connectivity index (χ0) is 13.4. The van der Waals surface area contributed by atoms with Gasteiger partial charge in [-0.3, -0.25) is 0 Å². The number of nitrogens with one attached hydrogen (secondary N) is 1. The Hall–Kier alpha value is -0.280. The maximum Gasteiger partial charge on any atom is 0.0468 e. The SMILES string of the molecule is COCCCCCNC(C)c1ccc(Cl)cc1Cl. The van der Waals surface area contributed by atoms with Gasteiger partial charge in [0, 0.05) is 29.8 Å². The van der Waals surface area contributed by atoms with Crippen molar-refractivity contribution in [2.24, 2.45) is 0 Å². The second-order valence-corrected chi connectivity index (χ2v) is 5.24. The van der Waals surface area contributed by atoms with Crippen LogP contribution >= 0.6 is 23.2 Å². The molecule has 1 aromatic carbocycles. The van der Waals surface area contributed by atoms with E-state index in [4.69, 9.17) is 27.9 Å². The van der Waals surface area contributed by atoms with E-state index in [1.165, 1.54) is 6.42 Å². The average molecular weight is 290 g/mol. The molecule has 0 radical (unpaired) electrons. The Morgan fingerprint density at radius 3 is 2.67 bits per heavy atom. The molecule has 0 aliphatic heterocycles. The Kier molecular flexibility index (Phi) is 7.68. The third-order valence-corrected chi connectivity index (χ3v) is 3.47. The first kappa shape index (κ1) is 15.8. The van der Waals surface area contributed by atoms with Crippen molar-refractivity contribution < 1.29 is 4.74 Å². The summed E-state index contributed by atoms with van der Waals surface area (Å²) in [4.78, 5) is 0. The summed E-state index contributed by atoms with van der Waals surface area (Å²) in [5, 5.41) is 4.87. The first-order chi connectivity index (χ1) is 8.65. The average Bonchev–Trinajstić information content (AvgIpc) is 2.33. The third-order valence-electron chi connectivity index (χ3n) is 2.90. The van der Waals surface area contributed by atoms with Gasteiger partial charge in [0.25, 0.3) is 0 Å². The molecule has 0 aliphatic carbocycles. The molecule has 1 aromatic rings. The highest BCUT2D eigenvalue weighted by molar-refractivity contribution is 6.35. The molecule has 0 heterocycles. The molecule has 1 N–H and O–H groups in total. The van der Waals surface area contributed by atoms with Crippen LogP contribution in [0.15, 0.2) is 18.2 Å². The fourth-order valence-electron chi connectivity index (χ4n) is 1.83. The number of halogens is 2. The van der Waals surface area contributed by atoms with Crippen molar-refractivity contribution >= 4 is 23.2 Å². The van der Waals surface area contributed by atoms with E-state index in [2.05, 4.69) is 12.2 Å². The first-order valence-corrected chi connectivity index (χ1v) is 7.08. The highest BCUT2D eigenvalue weighted by Gasteiger charge is 2.08. The lowest BCUT2D eigenvalue weighted by Crippen LogP contribution is -2.20. The highest BCUT2D eigenvalue weighted by Crippen LogP contribution is 2.25. The van der Waals surface area contributed by atoms with Crippen LogP contribution in [-0.2, 0) is 4.74 Å². The normalized spacial score (nSPS) is 12.7. The van der Waals surface area contributed by atoms with Gasteiger partial charge in [-0.15, -0.1) is 0 Å². The fraction of sp³-hybridized carbons (Fsp3) is 0.571. The van der Waals surface area contributed by atoms with Gasteiger partial charge in [-0.2, -0.15) is 0 Å². The molecule has 0 spiro atoms. The lowest BCUT2D eigenvalue weighted by atomic mass is 10.1. The summed E-state index contributed by atoms with van der Waals surface area (Å²) < 4.78 is 5.02. The van der Waals surface area contributed by atoms with Crippen molar-refractivity contribution in [3.8, 4) is 0 Å². The minimum absolute atomic E-state index is 0.247. The minimum Gasteiger partial charge on any atom is -0.385 e. The molecule has 0 amide bonds. The summed E-state index contributed by atoms with van der Waals surface area (Å²) in [7, 11) is 1.74. The van der Waals surface area contributed by atoms with E-state index < -0.39 is 0 Å². The van der Waals surface area contributed by atoms with Gasteiger partial charge in [0.15, 0.2) is 0 Å². The molecule has 1 rings (SSSR count). The summed E-state index contributed by atoms with van der Waals surface area (Å²) in [5.74, 6) is 0. The number of unbranched alkanes of at least 4 members (excludes halogenated alkanes) is 2. The Labute approximate surface area is 120 Å². The molecule has 0 aromatic heterocycles. The summed E-state index contributed by atoms with van der Waals surface area (Å²) in [5.41, 5.74) is 1.10. The van der Waals surface area contributed by atoms with E-state index in [0.717, 1.165) is 36.6 Å². The first-order valence-electron chi connectivity index (χ1n) is 6.32. The Morgan fingerprint density at radius 1 is 1.22 bits per heavy atom. The van der Waals surface area contributed by atoms with Crippen LogP contribution in [0, 0.1) is 0 Å². The smallest absolute Gasteiger partial charge is 0.0468 e. The van der Waals surface area contributed by atoms with Crippen molar-refractivity contribution in [2.75, 3.05) is 20.3 Å². The van der Waals surface area contributed by atoms with Crippen LogP contribution in [0.3, 0.4) is 0 Å². The minimum atomic E-state index is 0.247. The van der Waals surface area contributed by atoms with E-state index in [0.29, 0.717) is 5.02 Å². The summed E-state index contributed by atoms with van der Waals surface area (Å²) in [6, 6.07) is 5.89. The zero-order valence-corrected chi connectivity index (χ0v) is 12.5. The van der Waals surface area contributed by atoms with Crippen molar-refractivity contribution in [2.45, 2.75) is 32.2 Å². The van der Waals surface area contributed by atoms with Gasteiger partial charge in [0.05, 0.1) is 0 Å². The van der Waals surface area contributed by atoms with Crippen LogP contribution in [0.2, 0.25) is 10.0 Å². The van der Waals surface area contributed by atoms with Crippen LogP contribution in [0.25, 0.3) is 0 Å². The fourth-order valence-corrected chi connectivity index (χ4v) is 2.40. The van der Waals surface area contributed by atoms with Crippen LogP contribution in [0.4, 0.5) is 0 Å². The van der Waals surface area contributed by atoms with Gasteiger partial charge >= 0.3 is 0 Å².